The lowest BCUT2D eigenvalue weighted by Crippen LogP contribution is -2.39. The number of ether oxygens (including phenoxy) is 2. The lowest BCUT2D eigenvalue weighted by molar-refractivity contribution is -0.115. The number of hydrogen-bond acceptors (Lipinski definition) is 5. The van der Waals surface area contributed by atoms with Crippen LogP contribution in [0, 0.1) is 0 Å². The maximum atomic E-state index is 12.4. The number of aromatic nitrogens is 1. The highest BCUT2D eigenvalue weighted by molar-refractivity contribution is 5.92. The first-order chi connectivity index (χ1) is 13.6. The number of benzene rings is 1. The van der Waals surface area contributed by atoms with Gasteiger partial charge in [-0.25, -0.2) is 4.98 Å². The van der Waals surface area contributed by atoms with Gasteiger partial charge in [-0.3, -0.25) is 4.79 Å². The molecule has 2 heterocycles. The molecule has 1 amide bonds. The van der Waals surface area contributed by atoms with Gasteiger partial charge in [0, 0.05) is 12.6 Å². The fourth-order valence-electron chi connectivity index (χ4n) is 3.74. The smallest absolute Gasteiger partial charge is 0.228 e. The van der Waals surface area contributed by atoms with Gasteiger partial charge < -0.3 is 19.7 Å². The molecule has 0 radical (unpaired) electrons. The Morgan fingerprint density at radius 3 is 2.68 bits per heavy atom. The summed E-state index contributed by atoms with van der Waals surface area (Å²) in [4.78, 5) is 19.4. The minimum atomic E-state index is -0.0915. The van der Waals surface area contributed by atoms with Gasteiger partial charge in [0.1, 0.15) is 5.82 Å². The van der Waals surface area contributed by atoms with Gasteiger partial charge in [0.15, 0.2) is 11.5 Å². The molecular weight excluding hydrogens is 354 g/mol. The van der Waals surface area contributed by atoms with E-state index < -0.39 is 0 Å². The van der Waals surface area contributed by atoms with Gasteiger partial charge >= 0.3 is 0 Å². The predicted molar refractivity (Wildman–Crippen MR) is 111 cm³/mol. The van der Waals surface area contributed by atoms with Crippen molar-refractivity contribution in [3.63, 3.8) is 0 Å². The van der Waals surface area contributed by atoms with Crippen LogP contribution in [0.15, 0.2) is 36.5 Å². The van der Waals surface area contributed by atoms with Crippen LogP contribution in [0.25, 0.3) is 0 Å². The van der Waals surface area contributed by atoms with Crippen molar-refractivity contribution in [3.8, 4) is 11.5 Å². The van der Waals surface area contributed by atoms with Crippen LogP contribution < -0.4 is 19.7 Å². The van der Waals surface area contributed by atoms with Gasteiger partial charge in [-0.15, -0.1) is 0 Å². The van der Waals surface area contributed by atoms with Crippen LogP contribution in [0.3, 0.4) is 0 Å². The maximum absolute atomic E-state index is 12.4. The van der Waals surface area contributed by atoms with E-state index in [0.717, 1.165) is 24.3 Å². The van der Waals surface area contributed by atoms with Crippen LogP contribution in [0.1, 0.15) is 38.2 Å². The van der Waals surface area contributed by atoms with Gasteiger partial charge in [-0.2, -0.15) is 0 Å². The van der Waals surface area contributed by atoms with Crippen LogP contribution in [0.5, 0.6) is 11.5 Å². The summed E-state index contributed by atoms with van der Waals surface area (Å²) < 4.78 is 10.5. The second kappa shape index (κ2) is 9.44. The van der Waals surface area contributed by atoms with Crippen LogP contribution in [-0.4, -0.2) is 37.7 Å². The summed E-state index contributed by atoms with van der Waals surface area (Å²) in [6.07, 6.45) is 6.85. The van der Waals surface area contributed by atoms with E-state index in [-0.39, 0.29) is 12.3 Å². The molecule has 28 heavy (non-hydrogen) atoms. The number of nitrogens with zero attached hydrogens (tertiary/aromatic N) is 2. The number of rotatable bonds is 7. The normalized spacial score (nSPS) is 16.5. The summed E-state index contributed by atoms with van der Waals surface area (Å²) in [6, 6.07) is 9.98. The van der Waals surface area contributed by atoms with Crippen molar-refractivity contribution < 1.29 is 14.3 Å². The number of methoxy groups -OCH3 is 2. The Morgan fingerprint density at radius 2 is 2.00 bits per heavy atom. The van der Waals surface area contributed by atoms with Crippen molar-refractivity contribution in [1.82, 2.24) is 4.98 Å². The number of pyridine rings is 1. The second-order valence-corrected chi connectivity index (χ2v) is 7.07. The van der Waals surface area contributed by atoms with Gasteiger partial charge in [0.05, 0.1) is 32.5 Å². The minimum Gasteiger partial charge on any atom is -0.493 e. The second-order valence-electron chi connectivity index (χ2n) is 7.07. The quantitative estimate of drug-likeness (QED) is 0.781. The zero-order chi connectivity index (χ0) is 19.9. The van der Waals surface area contributed by atoms with E-state index >= 15 is 0 Å². The summed E-state index contributed by atoms with van der Waals surface area (Å²) in [7, 11) is 3.17. The van der Waals surface area contributed by atoms with E-state index in [2.05, 4.69) is 22.1 Å². The Bertz CT molecular complexity index is 792. The molecule has 0 saturated carbocycles. The largest absolute Gasteiger partial charge is 0.493 e. The number of piperidine rings is 1. The molecule has 1 aliphatic heterocycles. The average Bonchev–Trinajstić information content (AvgIpc) is 2.74. The summed E-state index contributed by atoms with van der Waals surface area (Å²) in [5, 5.41) is 2.92. The molecule has 150 valence electrons. The van der Waals surface area contributed by atoms with Crippen LogP contribution in [0.4, 0.5) is 11.5 Å². The zero-order valence-corrected chi connectivity index (χ0v) is 16.9. The summed E-state index contributed by atoms with van der Waals surface area (Å²) >= 11 is 0. The molecule has 0 aliphatic carbocycles. The highest BCUT2D eigenvalue weighted by Gasteiger charge is 2.21. The molecule has 2 aromatic rings. The average molecular weight is 383 g/mol. The molecule has 6 nitrogen and oxygen atoms in total. The highest BCUT2D eigenvalue weighted by atomic mass is 16.5. The molecule has 1 aromatic heterocycles. The number of amides is 1. The van der Waals surface area contributed by atoms with Gasteiger partial charge in [-0.1, -0.05) is 13.0 Å². The van der Waals surface area contributed by atoms with Crippen LogP contribution >= 0.6 is 0 Å². The van der Waals surface area contributed by atoms with Crippen molar-refractivity contribution in [2.75, 3.05) is 31.0 Å². The fraction of sp³-hybridized carbons (Fsp3) is 0.455. The Balaban J connectivity index is 1.61. The third-order valence-corrected chi connectivity index (χ3v) is 5.24. The summed E-state index contributed by atoms with van der Waals surface area (Å²) in [5.74, 6) is 2.16. The first-order valence-electron chi connectivity index (χ1n) is 9.88. The van der Waals surface area contributed by atoms with Gasteiger partial charge in [0.2, 0.25) is 5.91 Å². The lowest BCUT2D eigenvalue weighted by atomic mass is 10.00. The van der Waals surface area contributed by atoms with Crippen molar-refractivity contribution in [2.24, 2.45) is 0 Å². The van der Waals surface area contributed by atoms with Crippen molar-refractivity contribution >= 4 is 17.4 Å². The number of carbonyl (C=O) groups excluding carboxylic acids is 1. The van der Waals surface area contributed by atoms with Crippen LogP contribution in [-0.2, 0) is 11.2 Å². The van der Waals surface area contributed by atoms with E-state index in [4.69, 9.17) is 9.47 Å². The third-order valence-electron chi connectivity index (χ3n) is 5.24. The van der Waals surface area contributed by atoms with Crippen molar-refractivity contribution in [1.29, 1.82) is 0 Å². The molecule has 1 aliphatic rings. The summed E-state index contributed by atoms with van der Waals surface area (Å²) in [6.45, 7) is 3.28. The van der Waals surface area contributed by atoms with E-state index in [0.29, 0.717) is 23.2 Å². The van der Waals surface area contributed by atoms with E-state index in [1.54, 1.807) is 26.5 Å². The Labute approximate surface area is 166 Å². The van der Waals surface area contributed by atoms with E-state index in [1.165, 1.54) is 19.3 Å². The molecule has 3 rings (SSSR count). The van der Waals surface area contributed by atoms with E-state index in [9.17, 15) is 4.79 Å². The summed E-state index contributed by atoms with van der Waals surface area (Å²) in [5.41, 5.74) is 1.57. The maximum Gasteiger partial charge on any atom is 0.228 e. The van der Waals surface area contributed by atoms with Crippen molar-refractivity contribution in [3.05, 3.63) is 42.1 Å². The third kappa shape index (κ3) is 4.74. The molecule has 1 atom stereocenters. The van der Waals surface area contributed by atoms with Gasteiger partial charge in [0.25, 0.3) is 0 Å². The standard InChI is InChI=1S/C22H29N3O3/c1-4-18-7-5-6-12-25(18)21-11-9-17(15-23-21)24-22(26)14-16-8-10-19(27-2)20(13-16)28-3/h8-11,13,15,18H,4-7,12,14H2,1-3H3,(H,24,26). The first kappa shape index (κ1) is 20.0. The number of nitrogens with one attached hydrogen (secondary N) is 1. The predicted octanol–water partition coefficient (Wildman–Crippen LogP) is 4.05. The molecule has 0 spiro atoms. The SMILES string of the molecule is CCC1CCCCN1c1ccc(NC(=O)Cc2ccc(OC)c(OC)c2)cn1. The molecule has 1 N–H and O–H groups in total. The lowest BCUT2D eigenvalue weighted by Gasteiger charge is -2.36. The number of carbonyl (C=O) groups is 1. The Kier molecular flexibility index (Phi) is 6.74. The van der Waals surface area contributed by atoms with E-state index in [1.807, 2.05) is 24.3 Å². The molecule has 1 fully saturated rings. The molecular formula is C22H29N3O3. The van der Waals surface area contributed by atoms with Gasteiger partial charge in [-0.05, 0) is 55.5 Å². The Morgan fingerprint density at radius 1 is 1.18 bits per heavy atom. The first-order valence-corrected chi connectivity index (χ1v) is 9.88. The topological polar surface area (TPSA) is 63.7 Å². The molecule has 1 saturated heterocycles. The highest BCUT2D eigenvalue weighted by Crippen LogP contribution is 2.28. The Hall–Kier alpha value is -2.76. The number of anilines is 2. The number of hydrogen-bond donors (Lipinski definition) is 1. The van der Waals surface area contributed by atoms with Crippen LogP contribution in [0.2, 0.25) is 0 Å². The fourth-order valence-corrected chi connectivity index (χ4v) is 3.74. The zero-order valence-electron chi connectivity index (χ0n) is 16.9. The molecule has 6 heteroatoms. The van der Waals surface area contributed by atoms with Crippen molar-refractivity contribution in [2.45, 2.75) is 45.1 Å². The molecule has 1 aromatic carbocycles. The molecule has 0 bridgehead atoms. The minimum absolute atomic E-state index is 0.0915. The monoisotopic (exact) mass is 383 g/mol. The molecule has 1 unspecified atom stereocenters.